The summed E-state index contributed by atoms with van der Waals surface area (Å²) in [5.41, 5.74) is 16.6. The lowest BCUT2D eigenvalue weighted by Gasteiger charge is -2.36. The molecule has 0 aliphatic heterocycles. The van der Waals surface area contributed by atoms with E-state index in [9.17, 15) is 0 Å². The molecule has 334 valence electrons. The van der Waals surface area contributed by atoms with E-state index in [2.05, 4.69) is 132 Å². The summed E-state index contributed by atoms with van der Waals surface area (Å²) in [6.45, 7) is 26.2. The smallest absolute Gasteiger partial charge is 0.496 e. The summed E-state index contributed by atoms with van der Waals surface area (Å²) in [6.07, 6.45) is 12.2. The number of benzene rings is 5. The first-order valence-electron chi connectivity index (χ1n) is 23.5. The maximum Gasteiger partial charge on any atom is 0.864 e. The van der Waals surface area contributed by atoms with Crippen LogP contribution in [0.25, 0.3) is 0 Å². The molecule has 2 aliphatic carbocycles. The Morgan fingerprint density at radius 3 is 1.25 bits per heavy atom. The zero-order chi connectivity index (χ0) is 45.3. The second-order valence-corrected chi connectivity index (χ2v) is 21.2. The predicted molar refractivity (Wildman–Crippen MR) is 267 cm³/mol. The van der Waals surface area contributed by atoms with Gasteiger partial charge in [-0.15, -0.1) is 0 Å². The highest BCUT2D eigenvalue weighted by atomic mass is 31.1. The molecule has 0 spiro atoms. The van der Waals surface area contributed by atoms with Crippen LogP contribution in [0, 0.1) is 83.1 Å². The molecule has 5 nitrogen and oxygen atoms in total. The molecular formula is C56H72BO5P. The van der Waals surface area contributed by atoms with Crippen molar-refractivity contribution in [1.29, 1.82) is 0 Å². The van der Waals surface area contributed by atoms with E-state index in [0.717, 1.165) is 62.1 Å². The highest BCUT2D eigenvalue weighted by Gasteiger charge is 2.39. The molecule has 1 atom stereocenters. The molecule has 0 radical (unpaired) electrons. The maximum absolute atomic E-state index is 7.21. The molecule has 0 N–H and O–H groups in total. The van der Waals surface area contributed by atoms with Crippen LogP contribution in [0.3, 0.4) is 0 Å². The number of ether oxygens (including phenoxy) is 2. The predicted octanol–water partition coefficient (Wildman–Crippen LogP) is 13.8. The fourth-order valence-corrected chi connectivity index (χ4v) is 14.6. The minimum absolute atomic E-state index is 0.406. The van der Waals surface area contributed by atoms with Crippen molar-refractivity contribution in [3.8, 4) is 28.7 Å². The summed E-state index contributed by atoms with van der Waals surface area (Å²) in [5, 5.41) is 4.04. The summed E-state index contributed by atoms with van der Waals surface area (Å²) in [5.74, 6) is 5.22. The SMILES string of the molecule is COc1cc(P(c2c(C)cc(C)cc2C)c2c(C)cc(C)c(OB(Oc3c(C)cc(C)cc3C)Oc3c(C)cc(C)cc3C)c2C)c(C2CCCCC2)c(OC)c1C1CCCCC1. The van der Waals surface area contributed by atoms with E-state index >= 15 is 0 Å². The molecule has 0 heterocycles. The van der Waals surface area contributed by atoms with E-state index in [-0.39, 0.29) is 0 Å². The second-order valence-electron chi connectivity index (χ2n) is 19.1. The van der Waals surface area contributed by atoms with Crippen molar-refractivity contribution in [3.63, 3.8) is 0 Å². The normalized spacial score (nSPS) is 15.3. The van der Waals surface area contributed by atoms with Crippen molar-refractivity contribution in [2.24, 2.45) is 0 Å². The summed E-state index contributed by atoms with van der Waals surface area (Å²) in [4.78, 5) is 0. The number of hydrogen-bond acceptors (Lipinski definition) is 5. The number of aryl methyl sites for hydroxylation is 11. The zero-order valence-corrected chi connectivity index (χ0v) is 41.8. The van der Waals surface area contributed by atoms with Gasteiger partial charge in [0.2, 0.25) is 0 Å². The Kier molecular flexibility index (Phi) is 14.6. The Morgan fingerprint density at radius 2 is 0.810 bits per heavy atom. The van der Waals surface area contributed by atoms with Gasteiger partial charge in [0, 0.05) is 11.1 Å². The van der Waals surface area contributed by atoms with Gasteiger partial charge in [0.1, 0.15) is 28.7 Å². The van der Waals surface area contributed by atoms with Crippen molar-refractivity contribution in [2.45, 2.75) is 159 Å². The molecular weight excluding hydrogens is 794 g/mol. The lowest BCUT2D eigenvalue weighted by molar-refractivity contribution is 0.302. The van der Waals surface area contributed by atoms with Gasteiger partial charge < -0.3 is 23.4 Å². The number of methoxy groups -OCH3 is 2. The third-order valence-electron chi connectivity index (χ3n) is 13.8. The standard InChI is InChI=1S/C56H72BO5P/c1-33-25-36(4)51(37(5)26-33)60-57(61-52-38(6)27-34(2)28-39(52)7)62-53-40(8)31-43(11)56(44(53)12)63(55-41(9)29-35(3)30-42(55)10)48-32-47(58-13)49(45-21-17-15-18-22-45)54(59-14)50(48)46-23-19-16-20-24-46/h25-32,45-46H,15-24H2,1-14H3. The van der Waals surface area contributed by atoms with Crippen molar-refractivity contribution >= 4 is 31.2 Å². The van der Waals surface area contributed by atoms with Gasteiger partial charge in [0.25, 0.3) is 0 Å². The molecule has 5 aromatic rings. The molecule has 2 aliphatic rings. The van der Waals surface area contributed by atoms with E-state index in [1.165, 1.54) is 125 Å². The van der Waals surface area contributed by atoms with E-state index in [1.807, 2.05) is 14.2 Å². The first-order valence-corrected chi connectivity index (χ1v) is 24.9. The van der Waals surface area contributed by atoms with E-state index in [0.29, 0.717) is 11.8 Å². The lowest BCUT2D eigenvalue weighted by atomic mass is 9.78. The van der Waals surface area contributed by atoms with Crippen LogP contribution in [0.1, 0.15) is 154 Å². The monoisotopic (exact) mass is 867 g/mol. The second kappa shape index (κ2) is 19.8. The van der Waals surface area contributed by atoms with Gasteiger partial charge in [0.15, 0.2) is 0 Å². The fraction of sp³-hybridized carbons (Fsp3) is 0.464. The molecule has 0 saturated heterocycles. The molecule has 63 heavy (non-hydrogen) atoms. The van der Waals surface area contributed by atoms with Gasteiger partial charge in [-0.3, -0.25) is 0 Å². The van der Waals surface area contributed by atoms with Crippen LogP contribution in [0.15, 0.2) is 48.5 Å². The molecule has 7 heteroatoms. The van der Waals surface area contributed by atoms with Gasteiger partial charge in [-0.2, -0.15) is 0 Å². The average Bonchev–Trinajstić information content (AvgIpc) is 3.23. The van der Waals surface area contributed by atoms with Gasteiger partial charge >= 0.3 is 7.32 Å². The van der Waals surface area contributed by atoms with Crippen LogP contribution < -0.4 is 39.4 Å². The van der Waals surface area contributed by atoms with Crippen LogP contribution in [0.4, 0.5) is 0 Å². The largest absolute Gasteiger partial charge is 0.864 e. The Hall–Kier alpha value is -4.41. The van der Waals surface area contributed by atoms with Gasteiger partial charge in [-0.25, -0.2) is 0 Å². The molecule has 0 aromatic heterocycles. The van der Waals surface area contributed by atoms with Crippen molar-refractivity contribution in [1.82, 2.24) is 0 Å². The van der Waals surface area contributed by atoms with Crippen LogP contribution in [-0.2, 0) is 0 Å². The van der Waals surface area contributed by atoms with Crippen molar-refractivity contribution in [3.05, 3.63) is 126 Å². The van der Waals surface area contributed by atoms with Crippen LogP contribution in [-0.4, -0.2) is 21.5 Å². The summed E-state index contributed by atoms with van der Waals surface area (Å²) < 4.78 is 34.3. The molecule has 5 aromatic carbocycles. The first-order chi connectivity index (χ1) is 30.1. The number of rotatable bonds is 13. The number of hydrogen-bond donors (Lipinski definition) is 0. The summed E-state index contributed by atoms with van der Waals surface area (Å²) in [7, 11) is 1.55. The van der Waals surface area contributed by atoms with Crippen LogP contribution in [0.5, 0.6) is 28.7 Å². The maximum atomic E-state index is 7.21. The molecule has 0 amide bonds. The van der Waals surface area contributed by atoms with Crippen LogP contribution in [0.2, 0.25) is 0 Å². The highest BCUT2D eigenvalue weighted by molar-refractivity contribution is 7.80. The van der Waals surface area contributed by atoms with E-state index in [1.54, 1.807) is 0 Å². The molecule has 7 rings (SSSR count). The van der Waals surface area contributed by atoms with Crippen molar-refractivity contribution in [2.75, 3.05) is 14.2 Å². The molecule has 2 fully saturated rings. The third-order valence-corrected chi connectivity index (χ3v) is 16.9. The molecule has 2 saturated carbocycles. The Labute approximate surface area is 381 Å². The van der Waals surface area contributed by atoms with E-state index in [4.69, 9.17) is 23.4 Å². The van der Waals surface area contributed by atoms with E-state index < -0.39 is 15.2 Å². The minimum atomic E-state index is -1.16. The minimum Gasteiger partial charge on any atom is -0.496 e. The Bertz CT molecular complexity index is 2350. The molecule has 0 bridgehead atoms. The Balaban J connectivity index is 1.49. The Morgan fingerprint density at radius 1 is 0.413 bits per heavy atom. The quantitative estimate of drug-likeness (QED) is 0.0871. The fourth-order valence-electron chi connectivity index (χ4n) is 11.4. The van der Waals surface area contributed by atoms with Gasteiger partial charge in [-0.05, 0) is 201 Å². The van der Waals surface area contributed by atoms with Crippen molar-refractivity contribution < 1.29 is 23.4 Å². The topological polar surface area (TPSA) is 46.2 Å². The lowest BCUT2D eigenvalue weighted by Crippen LogP contribution is -2.39. The van der Waals surface area contributed by atoms with Gasteiger partial charge in [-0.1, -0.05) is 97.7 Å². The molecule has 1 unspecified atom stereocenters. The average molecular weight is 867 g/mol. The summed E-state index contributed by atoms with van der Waals surface area (Å²) >= 11 is 0. The highest BCUT2D eigenvalue weighted by Crippen LogP contribution is 2.52. The van der Waals surface area contributed by atoms with Gasteiger partial charge in [0.05, 0.1) is 14.2 Å². The summed E-state index contributed by atoms with van der Waals surface area (Å²) in [6, 6.07) is 18.2. The first kappa shape index (κ1) is 46.6. The zero-order valence-electron chi connectivity index (χ0n) is 40.9. The third kappa shape index (κ3) is 9.68. The van der Waals surface area contributed by atoms with Crippen LogP contribution >= 0.6 is 7.92 Å².